The number of hydrogen-bond donors (Lipinski definition) is 1. The molecule has 6 nitrogen and oxygen atoms in total. The third-order valence-corrected chi connectivity index (χ3v) is 5.46. The number of rotatable bonds is 8. The zero-order chi connectivity index (χ0) is 19.9. The number of aromatic nitrogens is 1. The highest BCUT2D eigenvalue weighted by Crippen LogP contribution is 2.16. The molecule has 2 aromatic rings. The van der Waals surface area contributed by atoms with Gasteiger partial charge in [0, 0.05) is 24.7 Å². The fraction of sp³-hybridized carbons (Fsp3) is 0.545. The van der Waals surface area contributed by atoms with E-state index in [2.05, 4.69) is 4.90 Å². The number of carbonyl (C=O) groups is 1. The lowest BCUT2D eigenvalue weighted by Gasteiger charge is -2.25. The molecule has 2 N–H and O–H groups in total. The summed E-state index contributed by atoms with van der Waals surface area (Å²) in [6.45, 7) is 6.44. The number of pyridine rings is 1. The first-order chi connectivity index (χ1) is 13.6. The van der Waals surface area contributed by atoms with Gasteiger partial charge < -0.3 is 15.0 Å². The fourth-order valence-corrected chi connectivity index (χ4v) is 3.84. The number of carbonyl (C=O) groups excluding carboxylic acids is 1. The van der Waals surface area contributed by atoms with Gasteiger partial charge in [-0.2, -0.15) is 0 Å². The van der Waals surface area contributed by atoms with Crippen LogP contribution in [0.3, 0.4) is 0 Å². The van der Waals surface area contributed by atoms with Crippen LogP contribution in [0.4, 0.5) is 0 Å². The Labute approximate surface area is 166 Å². The van der Waals surface area contributed by atoms with Crippen molar-refractivity contribution < 1.29 is 9.53 Å². The first kappa shape index (κ1) is 20.6. The molecule has 0 saturated carbocycles. The van der Waals surface area contributed by atoms with Gasteiger partial charge in [0.1, 0.15) is 12.2 Å². The maximum Gasteiger partial charge on any atom is 0.343 e. The summed E-state index contributed by atoms with van der Waals surface area (Å²) >= 11 is 0. The Hall–Kier alpha value is -2.18. The van der Waals surface area contributed by atoms with E-state index in [1.54, 1.807) is 6.20 Å². The van der Waals surface area contributed by atoms with Gasteiger partial charge in [-0.05, 0) is 69.9 Å². The summed E-state index contributed by atoms with van der Waals surface area (Å²) in [6.07, 6.45) is 7.00. The van der Waals surface area contributed by atoms with Gasteiger partial charge in [0.05, 0.1) is 5.52 Å². The Morgan fingerprint density at radius 2 is 2.00 bits per heavy atom. The number of ether oxygens (including phenoxy) is 1. The SMILES string of the molecule is CCn1cc(C(=O)OCCN2CCCCC2)c(=O)c2cc(CCCN)ccc21. The highest BCUT2D eigenvalue weighted by atomic mass is 16.5. The Bertz CT molecular complexity index is 869. The van der Waals surface area contributed by atoms with Crippen molar-refractivity contribution in [1.82, 2.24) is 9.47 Å². The third-order valence-electron chi connectivity index (χ3n) is 5.46. The lowest BCUT2D eigenvalue weighted by atomic mass is 10.0. The smallest absolute Gasteiger partial charge is 0.343 e. The van der Waals surface area contributed by atoms with Crippen LogP contribution in [0, 0.1) is 0 Å². The summed E-state index contributed by atoms with van der Waals surface area (Å²) in [5, 5.41) is 0.571. The van der Waals surface area contributed by atoms with Crippen LogP contribution in [-0.2, 0) is 17.7 Å². The lowest BCUT2D eigenvalue weighted by molar-refractivity contribution is 0.0450. The number of aryl methyl sites for hydroxylation is 2. The van der Waals surface area contributed by atoms with Crippen molar-refractivity contribution in [3.8, 4) is 0 Å². The largest absolute Gasteiger partial charge is 0.461 e. The van der Waals surface area contributed by atoms with Crippen molar-refractivity contribution in [3.63, 3.8) is 0 Å². The van der Waals surface area contributed by atoms with E-state index >= 15 is 0 Å². The second-order valence-electron chi connectivity index (χ2n) is 7.44. The molecular formula is C22H31N3O3. The monoisotopic (exact) mass is 385 g/mol. The average molecular weight is 386 g/mol. The number of nitrogens with zero attached hydrogens (tertiary/aromatic N) is 2. The molecule has 0 radical (unpaired) electrons. The van der Waals surface area contributed by atoms with Gasteiger partial charge in [0.15, 0.2) is 0 Å². The highest BCUT2D eigenvalue weighted by molar-refractivity contribution is 5.94. The number of piperidine rings is 1. The molecular weight excluding hydrogens is 354 g/mol. The number of fused-ring (bicyclic) bond motifs is 1. The first-order valence-electron chi connectivity index (χ1n) is 10.4. The van der Waals surface area contributed by atoms with Crippen LogP contribution in [0.5, 0.6) is 0 Å². The van der Waals surface area contributed by atoms with Crippen molar-refractivity contribution in [1.29, 1.82) is 0 Å². The zero-order valence-corrected chi connectivity index (χ0v) is 16.8. The van der Waals surface area contributed by atoms with Crippen LogP contribution < -0.4 is 11.2 Å². The molecule has 1 aromatic carbocycles. The molecule has 1 aromatic heterocycles. The molecule has 0 bridgehead atoms. The molecule has 1 saturated heterocycles. The van der Waals surface area contributed by atoms with Crippen molar-refractivity contribution in [2.24, 2.45) is 5.73 Å². The summed E-state index contributed by atoms with van der Waals surface area (Å²) < 4.78 is 7.38. The molecule has 0 atom stereocenters. The second kappa shape index (κ2) is 9.85. The molecule has 0 aliphatic carbocycles. The van der Waals surface area contributed by atoms with Crippen LogP contribution in [0.2, 0.25) is 0 Å². The molecule has 0 spiro atoms. The van der Waals surface area contributed by atoms with E-state index in [-0.39, 0.29) is 11.0 Å². The van der Waals surface area contributed by atoms with Gasteiger partial charge in [-0.15, -0.1) is 0 Å². The topological polar surface area (TPSA) is 77.6 Å². The van der Waals surface area contributed by atoms with Crippen LogP contribution >= 0.6 is 0 Å². The summed E-state index contributed by atoms with van der Waals surface area (Å²) in [5.41, 5.74) is 7.37. The average Bonchev–Trinajstić information content (AvgIpc) is 2.73. The predicted octanol–water partition coefficient (Wildman–Crippen LogP) is 2.56. The Morgan fingerprint density at radius 3 is 2.71 bits per heavy atom. The predicted molar refractivity (Wildman–Crippen MR) is 112 cm³/mol. The lowest BCUT2D eigenvalue weighted by Crippen LogP contribution is -2.33. The van der Waals surface area contributed by atoms with Gasteiger partial charge in [-0.25, -0.2) is 4.79 Å². The maximum absolute atomic E-state index is 13.0. The van der Waals surface area contributed by atoms with Gasteiger partial charge in [0.25, 0.3) is 0 Å². The first-order valence-corrected chi connectivity index (χ1v) is 10.4. The van der Waals surface area contributed by atoms with Crippen molar-refractivity contribution >= 4 is 16.9 Å². The van der Waals surface area contributed by atoms with Crippen molar-refractivity contribution in [2.75, 3.05) is 32.8 Å². The third kappa shape index (κ3) is 4.80. The normalized spacial score (nSPS) is 15.1. The van der Waals surface area contributed by atoms with Gasteiger partial charge >= 0.3 is 5.97 Å². The molecule has 0 amide bonds. The number of hydrogen-bond acceptors (Lipinski definition) is 5. The molecule has 1 aliphatic heterocycles. The standard InChI is InChI=1S/C22H31N3O3/c1-2-25-16-19(22(27)28-14-13-24-11-4-3-5-12-24)21(26)18-15-17(7-6-10-23)8-9-20(18)25/h8-9,15-16H,2-7,10-14,23H2,1H3. The van der Waals surface area contributed by atoms with E-state index in [9.17, 15) is 9.59 Å². The van der Waals surface area contributed by atoms with Crippen LogP contribution in [0.25, 0.3) is 10.9 Å². The maximum atomic E-state index is 13.0. The Kier molecular flexibility index (Phi) is 7.23. The second-order valence-corrected chi connectivity index (χ2v) is 7.44. The van der Waals surface area contributed by atoms with Crippen LogP contribution in [-0.4, -0.2) is 48.2 Å². The van der Waals surface area contributed by atoms with Crippen LogP contribution in [0.1, 0.15) is 48.5 Å². The van der Waals surface area contributed by atoms with Gasteiger partial charge in [-0.3, -0.25) is 9.69 Å². The number of esters is 1. The van der Waals surface area contributed by atoms with Crippen LogP contribution in [0.15, 0.2) is 29.2 Å². The summed E-state index contributed by atoms with van der Waals surface area (Å²) in [5.74, 6) is -0.529. The quantitative estimate of drug-likeness (QED) is 0.707. The van der Waals surface area contributed by atoms with E-state index in [0.29, 0.717) is 25.1 Å². The number of nitrogens with two attached hydrogens (primary N) is 1. The fourth-order valence-electron chi connectivity index (χ4n) is 3.84. The minimum absolute atomic E-state index is 0.115. The van der Waals surface area contributed by atoms with E-state index in [1.165, 1.54) is 19.3 Å². The van der Waals surface area contributed by atoms with Gasteiger partial charge in [0.2, 0.25) is 5.43 Å². The van der Waals surface area contributed by atoms with E-state index in [0.717, 1.165) is 43.6 Å². The Balaban J connectivity index is 1.79. The molecule has 6 heteroatoms. The molecule has 28 heavy (non-hydrogen) atoms. The van der Waals surface area contributed by atoms with Crippen molar-refractivity contribution in [2.45, 2.75) is 45.6 Å². The highest BCUT2D eigenvalue weighted by Gasteiger charge is 2.18. The zero-order valence-electron chi connectivity index (χ0n) is 16.8. The summed E-state index contributed by atoms with van der Waals surface area (Å²) in [7, 11) is 0. The molecule has 2 heterocycles. The van der Waals surface area contributed by atoms with Gasteiger partial charge in [-0.1, -0.05) is 12.5 Å². The molecule has 0 unspecified atom stereocenters. The Morgan fingerprint density at radius 1 is 1.21 bits per heavy atom. The minimum atomic E-state index is -0.529. The number of likely N-dealkylation sites (tertiary alicyclic amines) is 1. The molecule has 1 aliphatic rings. The molecule has 3 rings (SSSR count). The van der Waals surface area contributed by atoms with E-state index in [1.807, 2.05) is 29.7 Å². The van der Waals surface area contributed by atoms with Crippen molar-refractivity contribution in [3.05, 3.63) is 45.7 Å². The summed E-state index contributed by atoms with van der Waals surface area (Å²) in [6, 6.07) is 5.88. The van der Waals surface area contributed by atoms with E-state index in [4.69, 9.17) is 10.5 Å². The summed E-state index contributed by atoms with van der Waals surface area (Å²) in [4.78, 5) is 27.9. The van der Waals surface area contributed by atoms with E-state index < -0.39 is 5.97 Å². The number of benzene rings is 1. The minimum Gasteiger partial charge on any atom is -0.461 e. The molecule has 1 fully saturated rings. The molecule has 152 valence electrons.